The Labute approximate surface area is 171 Å². The Hall–Kier alpha value is -2.83. The van der Waals surface area contributed by atoms with E-state index in [0.29, 0.717) is 12.1 Å². The van der Waals surface area contributed by atoms with Gasteiger partial charge in [0.05, 0.1) is 24.0 Å². The number of hydrogen-bond acceptors (Lipinski definition) is 5. The van der Waals surface area contributed by atoms with Gasteiger partial charge in [-0.1, -0.05) is 13.0 Å². The summed E-state index contributed by atoms with van der Waals surface area (Å²) in [5.41, 5.74) is 7.17. The molecule has 1 fully saturated rings. The van der Waals surface area contributed by atoms with E-state index in [9.17, 15) is 9.59 Å². The number of rotatable bonds is 3. The molecule has 0 bridgehead atoms. The Morgan fingerprint density at radius 2 is 2.03 bits per heavy atom. The maximum atomic E-state index is 12.6. The van der Waals surface area contributed by atoms with E-state index in [1.54, 1.807) is 35.3 Å². The summed E-state index contributed by atoms with van der Waals surface area (Å²) in [5, 5.41) is 3.02. The van der Waals surface area contributed by atoms with E-state index in [1.807, 2.05) is 32.9 Å². The molecule has 29 heavy (non-hydrogen) atoms. The van der Waals surface area contributed by atoms with Gasteiger partial charge in [-0.3, -0.25) is 9.78 Å². The Morgan fingerprint density at radius 3 is 2.69 bits per heavy atom. The fourth-order valence-electron chi connectivity index (χ4n) is 4.33. The molecule has 0 saturated heterocycles. The molecule has 2 aromatic heterocycles. The lowest BCUT2D eigenvalue weighted by molar-refractivity contribution is 0.0444. The number of nitrogen functional groups attached to an aromatic ring is 1. The van der Waals surface area contributed by atoms with Crippen molar-refractivity contribution in [3.05, 3.63) is 58.8 Å². The predicted octanol–water partition coefficient (Wildman–Crippen LogP) is 3.47. The smallest absolute Gasteiger partial charge is 0.407 e. The van der Waals surface area contributed by atoms with Gasteiger partial charge in [-0.25, -0.2) is 4.79 Å². The highest BCUT2D eigenvalue weighted by Gasteiger charge is 2.39. The third kappa shape index (κ3) is 4.96. The van der Waals surface area contributed by atoms with Crippen LogP contribution in [0.15, 0.2) is 47.7 Å². The van der Waals surface area contributed by atoms with Crippen LogP contribution in [0.3, 0.4) is 0 Å². The molecule has 3 N–H and O–H groups in total. The number of aromatic nitrogens is 2. The van der Waals surface area contributed by atoms with E-state index in [4.69, 9.17) is 10.5 Å². The number of alkyl carbamates (subject to hydrolysis) is 1. The second kappa shape index (κ2) is 8.27. The van der Waals surface area contributed by atoms with Crippen LogP contribution >= 0.6 is 0 Å². The average Bonchev–Trinajstić information content (AvgIpc) is 2.61. The number of nitrogens with zero attached hydrogens (tertiary/aromatic N) is 2. The van der Waals surface area contributed by atoms with Gasteiger partial charge in [0.1, 0.15) is 5.60 Å². The van der Waals surface area contributed by atoms with Gasteiger partial charge in [0.2, 0.25) is 0 Å². The van der Waals surface area contributed by atoms with Crippen LogP contribution in [0.25, 0.3) is 0 Å². The minimum atomic E-state index is -0.599. The predicted molar refractivity (Wildman–Crippen MR) is 113 cm³/mol. The molecule has 3 rings (SSSR count). The van der Waals surface area contributed by atoms with E-state index in [-0.39, 0.29) is 29.5 Å². The van der Waals surface area contributed by atoms with Gasteiger partial charge in [-0.15, -0.1) is 0 Å². The first-order valence-corrected chi connectivity index (χ1v) is 10.0. The molecular formula is C22H30N4O3. The van der Waals surface area contributed by atoms with Crippen molar-refractivity contribution in [1.82, 2.24) is 14.9 Å². The SMILES string of the molecule is C[C@H]1C[C@@H](c2ccncc2N)C[C@@H](NC(=O)OC(C)(C)C)[C@H]1n1ccccc1=O. The number of nitrogens with two attached hydrogens (primary N) is 1. The Balaban J connectivity index is 1.93. The molecule has 0 aliphatic heterocycles. The second-order valence-electron chi connectivity index (χ2n) is 8.84. The average molecular weight is 399 g/mol. The number of carbonyl (C=O) groups excluding carboxylic acids is 1. The lowest BCUT2D eigenvalue weighted by Gasteiger charge is -2.42. The maximum Gasteiger partial charge on any atom is 0.407 e. The van der Waals surface area contributed by atoms with Crippen molar-refractivity contribution in [3.8, 4) is 0 Å². The minimum absolute atomic E-state index is 0.0813. The van der Waals surface area contributed by atoms with E-state index in [0.717, 1.165) is 12.0 Å². The summed E-state index contributed by atoms with van der Waals surface area (Å²) in [6.45, 7) is 7.60. The van der Waals surface area contributed by atoms with Crippen LogP contribution in [-0.4, -0.2) is 27.3 Å². The van der Waals surface area contributed by atoms with Crippen molar-refractivity contribution < 1.29 is 9.53 Å². The quantitative estimate of drug-likeness (QED) is 0.825. The summed E-state index contributed by atoms with van der Waals surface area (Å²) < 4.78 is 7.20. The van der Waals surface area contributed by atoms with Gasteiger partial charge in [-0.05, 0) is 63.1 Å². The zero-order valence-electron chi connectivity index (χ0n) is 17.5. The highest BCUT2D eigenvalue weighted by molar-refractivity contribution is 5.68. The normalized spacial score (nSPS) is 24.7. The fourth-order valence-corrected chi connectivity index (χ4v) is 4.33. The standard InChI is InChI=1S/C22H30N4O3/c1-14-11-15(16-8-9-24-13-17(16)23)12-18(25-21(28)29-22(2,3)4)20(14)26-10-6-5-7-19(26)27/h5-10,13-15,18,20H,11-12,23H2,1-4H3,(H,25,28)/t14-,15+,18+,20-/m0/s1. The van der Waals surface area contributed by atoms with Crippen molar-refractivity contribution >= 4 is 11.8 Å². The number of nitrogens with one attached hydrogen (secondary N) is 1. The lowest BCUT2D eigenvalue weighted by atomic mass is 9.73. The third-order valence-corrected chi connectivity index (χ3v) is 5.39. The molecule has 0 unspecified atom stereocenters. The van der Waals surface area contributed by atoms with Gasteiger partial charge in [0, 0.05) is 18.5 Å². The first-order valence-electron chi connectivity index (χ1n) is 10.0. The molecule has 2 heterocycles. The summed E-state index contributed by atoms with van der Waals surface area (Å²) in [6.07, 6.45) is 6.21. The molecule has 0 radical (unpaired) electrons. The summed E-state index contributed by atoms with van der Waals surface area (Å²) >= 11 is 0. The molecule has 1 saturated carbocycles. The molecular weight excluding hydrogens is 368 g/mol. The molecule has 156 valence electrons. The first kappa shape index (κ1) is 20.9. The molecule has 1 aliphatic rings. The van der Waals surface area contributed by atoms with Crippen LogP contribution in [0.4, 0.5) is 10.5 Å². The van der Waals surface area contributed by atoms with Crippen LogP contribution in [0.5, 0.6) is 0 Å². The van der Waals surface area contributed by atoms with Crippen molar-refractivity contribution in [2.45, 2.75) is 64.1 Å². The lowest BCUT2D eigenvalue weighted by Crippen LogP contribution is -2.50. The molecule has 2 aromatic rings. The third-order valence-electron chi connectivity index (χ3n) is 5.39. The van der Waals surface area contributed by atoms with Gasteiger partial charge >= 0.3 is 6.09 Å². The van der Waals surface area contributed by atoms with Crippen molar-refractivity contribution in [3.63, 3.8) is 0 Å². The van der Waals surface area contributed by atoms with Crippen LogP contribution in [-0.2, 0) is 4.74 Å². The molecule has 0 spiro atoms. The Morgan fingerprint density at radius 1 is 1.28 bits per heavy atom. The monoisotopic (exact) mass is 398 g/mol. The van der Waals surface area contributed by atoms with Gasteiger partial charge in [0.15, 0.2) is 0 Å². The van der Waals surface area contributed by atoms with E-state index in [1.165, 1.54) is 0 Å². The topological polar surface area (TPSA) is 99.2 Å². The first-order chi connectivity index (χ1) is 13.7. The van der Waals surface area contributed by atoms with Crippen LogP contribution in [0, 0.1) is 5.92 Å². The second-order valence-corrected chi connectivity index (χ2v) is 8.84. The number of pyridine rings is 2. The van der Waals surface area contributed by atoms with Crippen molar-refractivity contribution in [2.75, 3.05) is 5.73 Å². The van der Waals surface area contributed by atoms with Crippen LogP contribution < -0.4 is 16.6 Å². The van der Waals surface area contributed by atoms with Gasteiger partial charge < -0.3 is 20.4 Å². The molecule has 4 atom stereocenters. The molecule has 7 heteroatoms. The highest BCUT2D eigenvalue weighted by Crippen LogP contribution is 2.43. The number of amides is 1. The molecule has 1 aliphatic carbocycles. The van der Waals surface area contributed by atoms with Gasteiger partial charge in [-0.2, -0.15) is 0 Å². The van der Waals surface area contributed by atoms with E-state index < -0.39 is 11.7 Å². The van der Waals surface area contributed by atoms with Crippen molar-refractivity contribution in [2.24, 2.45) is 5.92 Å². The number of anilines is 1. The van der Waals surface area contributed by atoms with E-state index in [2.05, 4.69) is 17.2 Å². The Kier molecular flexibility index (Phi) is 5.96. The number of ether oxygens (including phenoxy) is 1. The zero-order valence-corrected chi connectivity index (χ0v) is 17.5. The maximum absolute atomic E-state index is 12.6. The number of hydrogen-bond donors (Lipinski definition) is 2. The van der Waals surface area contributed by atoms with Crippen LogP contribution in [0.2, 0.25) is 0 Å². The minimum Gasteiger partial charge on any atom is -0.444 e. The largest absolute Gasteiger partial charge is 0.444 e. The molecule has 1 amide bonds. The van der Waals surface area contributed by atoms with E-state index >= 15 is 0 Å². The summed E-state index contributed by atoms with van der Waals surface area (Å²) in [6, 6.07) is 6.60. The zero-order chi connectivity index (χ0) is 21.2. The number of carbonyl (C=O) groups is 1. The van der Waals surface area contributed by atoms with Crippen molar-refractivity contribution in [1.29, 1.82) is 0 Å². The summed E-state index contributed by atoms with van der Waals surface area (Å²) in [5.74, 6) is 0.296. The van der Waals surface area contributed by atoms with Gasteiger partial charge in [0.25, 0.3) is 5.56 Å². The van der Waals surface area contributed by atoms with Crippen LogP contribution in [0.1, 0.15) is 58.1 Å². The Bertz CT molecular complexity index is 919. The highest BCUT2D eigenvalue weighted by atomic mass is 16.6. The summed E-state index contributed by atoms with van der Waals surface area (Å²) in [7, 11) is 0. The summed E-state index contributed by atoms with van der Waals surface area (Å²) in [4.78, 5) is 29.2. The molecule has 7 nitrogen and oxygen atoms in total. The fraction of sp³-hybridized carbons (Fsp3) is 0.500. The molecule has 0 aromatic carbocycles.